The van der Waals surface area contributed by atoms with Gasteiger partial charge in [-0.1, -0.05) is 191 Å². The molecular formula is C45H83NO3. The summed E-state index contributed by atoms with van der Waals surface area (Å²) in [7, 11) is 0. The minimum Gasteiger partial charge on any atom is -0.394 e. The summed E-state index contributed by atoms with van der Waals surface area (Å²) in [6, 6.07) is -0.644. The maximum Gasteiger partial charge on any atom is 0.220 e. The van der Waals surface area contributed by atoms with Gasteiger partial charge in [0.1, 0.15) is 0 Å². The Morgan fingerprint density at radius 2 is 0.837 bits per heavy atom. The molecule has 0 heterocycles. The first-order chi connectivity index (χ1) is 24.2. The van der Waals surface area contributed by atoms with Gasteiger partial charge >= 0.3 is 0 Å². The lowest BCUT2D eigenvalue weighted by atomic mass is 10.0. The Bertz CT molecular complexity index is 786. The van der Waals surface area contributed by atoms with Crippen molar-refractivity contribution >= 4 is 5.91 Å². The highest BCUT2D eigenvalue weighted by molar-refractivity contribution is 5.76. The van der Waals surface area contributed by atoms with Gasteiger partial charge in [0.2, 0.25) is 5.91 Å². The van der Waals surface area contributed by atoms with Crippen LogP contribution in [0.4, 0.5) is 0 Å². The topological polar surface area (TPSA) is 69.6 Å². The Kier molecular flexibility index (Phi) is 39.4. The zero-order chi connectivity index (χ0) is 35.7. The van der Waals surface area contributed by atoms with Crippen LogP contribution in [-0.4, -0.2) is 34.9 Å². The van der Waals surface area contributed by atoms with E-state index in [4.69, 9.17) is 0 Å². The van der Waals surface area contributed by atoms with Gasteiger partial charge in [-0.2, -0.15) is 0 Å². The molecular weight excluding hydrogens is 602 g/mol. The molecule has 0 radical (unpaired) electrons. The number of aliphatic hydroxyl groups excluding tert-OH is 2. The van der Waals surface area contributed by atoms with E-state index in [9.17, 15) is 15.0 Å². The van der Waals surface area contributed by atoms with Crippen LogP contribution in [0.3, 0.4) is 0 Å². The number of unbranched alkanes of at least 4 members (excludes halogenated alkanes) is 25. The lowest BCUT2D eigenvalue weighted by molar-refractivity contribution is -0.123. The van der Waals surface area contributed by atoms with Gasteiger partial charge in [-0.05, 0) is 64.2 Å². The summed E-state index contributed by atoms with van der Waals surface area (Å²) < 4.78 is 0. The van der Waals surface area contributed by atoms with E-state index < -0.39 is 12.1 Å². The third-order valence-corrected chi connectivity index (χ3v) is 9.49. The fourth-order valence-electron chi connectivity index (χ4n) is 6.21. The molecule has 0 bridgehead atoms. The number of hydrogen-bond donors (Lipinski definition) is 3. The van der Waals surface area contributed by atoms with Crippen molar-refractivity contribution in [3.05, 3.63) is 48.6 Å². The number of aliphatic hydroxyl groups is 2. The number of nitrogens with one attached hydrogen (secondary N) is 1. The molecule has 0 aliphatic heterocycles. The molecule has 0 aliphatic rings. The Morgan fingerprint density at radius 3 is 1.27 bits per heavy atom. The SMILES string of the molecule is CCC/C=C/CC/C=C/CC/C=C/C(O)C(CO)NC(=O)CCCCCCCCCCCC/C=C\CCCCCCCCCCCCCC. The van der Waals surface area contributed by atoms with E-state index in [0.717, 1.165) is 44.9 Å². The largest absolute Gasteiger partial charge is 0.394 e. The molecule has 0 saturated heterocycles. The van der Waals surface area contributed by atoms with Crippen molar-refractivity contribution in [2.75, 3.05) is 6.61 Å². The zero-order valence-electron chi connectivity index (χ0n) is 32.7. The van der Waals surface area contributed by atoms with Crippen molar-refractivity contribution in [1.82, 2.24) is 5.32 Å². The fourth-order valence-corrected chi connectivity index (χ4v) is 6.21. The minimum absolute atomic E-state index is 0.0818. The van der Waals surface area contributed by atoms with Crippen LogP contribution in [0.2, 0.25) is 0 Å². The van der Waals surface area contributed by atoms with Crippen molar-refractivity contribution in [1.29, 1.82) is 0 Å². The molecule has 286 valence electrons. The van der Waals surface area contributed by atoms with Crippen LogP contribution in [0.1, 0.15) is 213 Å². The normalized spacial score (nSPS) is 13.5. The van der Waals surface area contributed by atoms with Gasteiger partial charge in [0.25, 0.3) is 0 Å². The molecule has 3 N–H and O–H groups in total. The van der Waals surface area contributed by atoms with Crippen LogP contribution in [0.25, 0.3) is 0 Å². The molecule has 49 heavy (non-hydrogen) atoms. The summed E-state index contributed by atoms with van der Waals surface area (Å²) in [5, 5.41) is 22.9. The highest BCUT2D eigenvalue weighted by Gasteiger charge is 2.17. The first-order valence-electron chi connectivity index (χ1n) is 21.4. The molecule has 2 atom stereocenters. The number of allylic oxidation sites excluding steroid dienone is 7. The Morgan fingerprint density at radius 1 is 0.469 bits per heavy atom. The second-order valence-corrected chi connectivity index (χ2v) is 14.4. The van der Waals surface area contributed by atoms with Crippen molar-refractivity contribution in [3.8, 4) is 0 Å². The highest BCUT2D eigenvalue weighted by Crippen LogP contribution is 2.14. The summed E-state index contributed by atoms with van der Waals surface area (Å²) in [6.07, 6.45) is 55.1. The lowest BCUT2D eigenvalue weighted by Crippen LogP contribution is -2.45. The number of carbonyl (C=O) groups excluding carboxylic acids is 1. The average molecular weight is 686 g/mol. The molecule has 0 rings (SSSR count). The minimum atomic E-state index is -0.869. The fraction of sp³-hybridized carbons (Fsp3) is 0.800. The average Bonchev–Trinajstić information content (AvgIpc) is 3.10. The van der Waals surface area contributed by atoms with Crippen LogP contribution in [-0.2, 0) is 4.79 Å². The molecule has 0 spiro atoms. The summed E-state index contributed by atoms with van der Waals surface area (Å²) in [6.45, 7) is 4.22. The number of amides is 1. The standard InChI is InChI=1S/C45H83NO3/c1-3-5-7-9-11-13-15-16-17-18-19-20-21-22-23-24-25-26-27-28-29-31-33-35-37-39-41-45(49)46-43(42-47)44(48)40-38-36-34-32-30-14-12-10-8-6-4-2/h8,10,22-23,30,32,38,40,43-44,47-48H,3-7,9,11-21,24-29,31,33-37,39,41-42H2,1-2H3,(H,46,49)/b10-8+,23-22-,32-30+,40-38+. The van der Waals surface area contributed by atoms with E-state index in [-0.39, 0.29) is 12.5 Å². The highest BCUT2D eigenvalue weighted by atomic mass is 16.3. The first kappa shape index (κ1) is 47.4. The second kappa shape index (κ2) is 40.8. The quantitative estimate of drug-likeness (QED) is 0.0447. The van der Waals surface area contributed by atoms with Gasteiger partial charge in [-0.25, -0.2) is 0 Å². The van der Waals surface area contributed by atoms with Gasteiger partial charge in [0.15, 0.2) is 0 Å². The number of hydrogen-bond acceptors (Lipinski definition) is 3. The summed E-state index contributed by atoms with van der Waals surface area (Å²) in [4.78, 5) is 12.3. The molecule has 0 aromatic heterocycles. The molecule has 4 heteroatoms. The first-order valence-corrected chi connectivity index (χ1v) is 21.4. The lowest BCUT2D eigenvalue weighted by Gasteiger charge is -2.19. The van der Waals surface area contributed by atoms with Crippen molar-refractivity contribution < 1.29 is 15.0 Å². The van der Waals surface area contributed by atoms with Crippen LogP contribution in [0.5, 0.6) is 0 Å². The van der Waals surface area contributed by atoms with Crippen LogP contribution in [0, 0.1) is 0 Å². The van der Waals surface area contributed by atoms with Crippen molar-refractivity contribution in [2.24, 2.45) is 0 Å². The predicted molar refractivity (Wildman–Crippen MR) is 216 cm³/mol. The third-order valence-electron chi connectivity index (χ3n) is 9.49. The van der Waals surface area contributed by atoms with Gasteiger partial charge < -0.3 is 15.5 Å². The van der Waals surface area contributed by atoms with Gasteiger partial charge in [0.05, 0.1) is 18.8 Å². The Labute approximate surface area is 305 Å². The molecule has 4 nitrogen and oxygen atoms in total. The summed E-state index contributed by atoms with van der Waals surface area (Å²) >= 11 is 0. The third kappa shape index (κ3) is 37.4. The van der Waals surface area contributed by atoms with Crippen molar-refractivity contribution in [2.45, 2.75) is 225 Å². The van der Waals surface area contributed by atoms with Crippen LogP contribution < -0.4 is 5.32 Å². The van der Waals surface area contributed by atoms with E-state index in [1.165, 1.54) is 148 Å². The van der Waals surface area contributed by atoms with Crippen LogP contribution in [0.15, 0.2) is 48.6 Å². The molecule has 0 aliphatic carbocycles. The van der Waals surface area contributed by atoms with Gasteiger partial charge in [-0.15, -0.1) is 0 Å². The van der Waals surface area contributed by atoms with E-state index >= 15 is 0 Å². The molecule has 2 unspecified atom stereocenters. The molecule has 1 amide bonds. The van der Waals surface area contributed by atoms with E-state index in [2.05, 4.69) is 55.6 Å². The van der Waals surface area contributed by atoms with Crippen molar-refractivity contribution in [3.63, 3.8) is 0 Å². The predicted octanol–water partition coefficient (Wildman–Crippen LogP) is 13.2. The molecule has 0 fully saturated rings. The zero-order valence-corrected chi connectivity index (χ0v) is 32.7. The van der Waals surface area contributed by atoms with Crippen LogP contribution >= 0.6 is 0 Å². The number of carbonyl (C=O) groups is 1. The second-order valence-electron chi connectivity index (χ2n) is 14.4. The van der Waals surface area contributed by atoms with Gasteiger partial charge in [0, 0.05) is 6.42 Å². The Hall–Kier alpha value is -1.65. The van der Waals surface area contributed by atoms with Gasteiger partial charge in [-0.3, -0.25) is 4.79 Å². The molecule has 0 saturated carbocycles. The summed E-state index contributed by atoms with van der Waals surface area (Å²) in [5.74, 6) is -0.0818. The molecule has 0 aromatic carbocycles. The summed E-state index contributed by atoms with van der Waals surface area (Å²) in [5.41, 5.74) is 0. The van der Waals surface area contributed by atoms with E-state index in [1.54, 1.807) is 6.08 Å². The smallest absolute Gasteiger partial charge is 0.220 e. The monoisotopic (exact) mass is 686 g/mol. The molecule has 0 aromatic rings. The maximum atomic E-state index is 12.3. The maximum absolute atomic E-state index is 12.3. The Balaban J connectivity index is 3.53. The number of rotatable bonds is 38. The van der Waals surface area contributed by atoms with E-state index in [0.29, 0.717) is 6.42 Å². The van der Waals surface area contributed by atoms with E-state index in [1.807, 2.05) is 6.08 Å².